The van der Waals surface area contributed by atoms with Crippen molar-refractivity contribution in [3.63, 3.8) is 0 Å². The third kappa shape index (κ3) is 4.23. The molecule has 0 radical (unpaired) electrons. The third-order valence-electron chi connectivity index (χ3n) is 3.97. The van der Waals surface area contributed by atoms with Crippen molar-refractivity contribution in [3.05, 3.63) is 64.5 Å². The van der Waals surface area contributed by atoms with E-state index in [9.17, 15) is 18.4 Å². The Morgan fingerprint density at radius 1 is 1.21 bits per heavy atom. The fourth-order valence-electron chi connectivity index (χ4n) is 2.81. The first-order valence-electron chi connectivity index (χ1n) is 8.89. The lowest BCUT2D eigenvalue weighted by atomic mass is 10.2. The number of nitrogens with one attached hydrogen (secondary N) is 1. The lowest BCUT2D eigenvalue weighted by Gasteiger charge is -2.23. The van der Waals surface area contributed by atoms with Gasteiger partial charge in [-0.3, -0.25) is 14.3 Å². The molecule has 0 saturated heterocycles. The van der Waals surface area contributed by atoms with Gasteiger partial charge in [0.15, 0.2) is 0 Å². The Labute approximate surface area is 165 Å². The predicted octanol–water partition coefficient (Wildman–Crippen LogP) is 3.64. The molecule has 9 heteroatoms. The van der Waals surface area contributed by atoms with Crippen LogP contribution in [0.5, 0.6) is 0 Å². The average molecular weight is 402 g/mol. The summed E-state index contributed by atoms with van der Waals surface area (Å²) in [5.74, 6) is -1.73. The van der Waals surface area contributed by atoms with Gasteiger partial charge in [-0.25, -0.2) is 18.6 Å². The van der Waals surface area contributed by atoms with Gasteiger partial charge in [-0.05, 0) is 52.0 Å². The van der Waals surface area contributed by atoms with Gasteiger partial charge in [0.1, 0.15) is 34.0 Å². The number of hydrogen-bond donors (Lipinski definition) is 1. The van der Waals surface area contributed by atoms with Crippen LogP contribution in [0.25, 0.3) is 16.6 Å². The van der Waals surface area contributed by atoms with Crippen molar-refractivity contribution in [2.45, 2.75) is 39.3 Å². The Balaban J connectivity index is 2.21. The quantitative estimate of drug-likeness (QED) is 0.723. The number of benzene rings is 1. The van der Waals surface area contributed by atoms with Crippen molar-refractivity contribution in [2.24, 2.45) is 0 Å². The van der Waals surface area contributed by atoms with E-state index >= 15 is 0 Å². The minimum absolute atomic E-state index is 0.00543. The molecule has 0 aliphatic carbocycles. The summed E-state index contributed by atoms with van der Waals surface area (Å²) in [5, 5.41) is 2.08. The largest absolute Gasteiger partial charge is 0.444 e. The number of halogens is 2. The van der Waals surface area contributed by atoms with E-state index < -0.39 is 45.8 Å². The first-order chi connectivity index (χ1) is 13.6. The number of amides is 1. The van der Waals surface area contributed by atoms with Crippen molar-refractivity contribution in [1.29, 1.82) is 0 Å². The molecule has 1 aromatic carbocycles. The van der Waals surface area contributed by atoms with E-state index in [1.165, 1.54) is 12.4 Å². The maximum atomic E-state index is 14.3. The van der Waals surface area contributed by atoms with Crippen LogP contribution in [0.4, 0.5) is 13.6 Å². The summed E-state index contributed by atoms with van der Waals surface area (Å²) in [6.07, 6.45) is 2.15. The van der Waals surface area contributed by atoms with Gasteiger partial charge < -0.3 is 10.1 Å². The van der Waals surface area contributed by atoms with Crippen LogP contribution in [0.1, 0.15) is 39.6 Å². The van der Waals surface area contributed by atoms with E-state index in [0.29, 0.717) is 5.69 Å². The number of nitrogens with zero attached hydrogens (tertiary/aromatic N) is 3. The Morgan fingerprint density at radius 2 is 1.90 bits per heavy atom. The molecule has 0 fully saturated rings. The number of fused-ring (bicyclic) bond motifs is 1. The lowest BCUT2D eigenvalue weighted by Crippen LogP contribution is -2.37. The minimum Gasteiger partial charge on any atom is -0.444 e. The second-order valence-electron chi connectivity index (χ2n) is 7.44. The number of hydrogen-bond acceptors (Lipinski definition) is 5. The van der Waals surface area contributed by atoms with E-state index in [4.69, 9.17) is 4.74 Å². The van der Waals surface area contributed by atoms with Gasteiger partial charge in [-0.2, -0.15) is 0 Å². The van der Waals surface area contributed by atoms with Crippen LogP contribution in [-0.2, 0) is 4.74 Å². The zero-order chi connectivity index (χ0) is 21.3. The van der Waals surface area contributed by atoms with Crippen LogP contribution in [-0.4, -0.2) is 26.2 Å². The van der Waals surface area contributed by atoms with Crippen molar-refractivity contribution in [1.82, 2.24) is 19.9 Å². The normalized spacial score (nSPS) is 12.6. The van der Waals surface area contributed by atoms with Gasteiger partial charge in [0.25, 0.3) is 5.56 Å². The first kappa shape index (κ1) is 20.4. The van der Waals surface area contributed by atoms with Crippen LogP contribution >= 0.6 is 0 Å². The number of alkyl carbamates (subject to hydrolysis) is 1. The van der Waals surface area contributed by atoms with Crippen LogP contribution < -0.4 is 10.9 Å². The highest BCUT2D eigenvalue weighted by Gasteiger charge is 2.24. The van der Waals surface area contributed by atoms with Gasteiger partial charge in [0.05, 0.1) is 17.9 Å². The molecule has 1 unspecified atom stereocenters. The molecule has 1 N–H and O–H groups in total. The standard InChI is InChI=1S/C20H20F2N4O3/c1-11(24-19(28)29-20(2,3)4)17-25-16-14(22)8-7-13(21)15(16)18(27)26(17)12-6-5-9-23-10-12/h5-11H,1-4H3,(H,24,28). The molecule has 2 aromatic heterocycles. The third-order valence-corrected chi connectivity index (χ3v) is 3.97. The van der Waals surface area contributed by atoms with Crippen molar-refractivity contribution >= 4 is 17.0 Å². The van der Waals surface area contributed by atoms with Gasteiger partial charge >= 0.3 is 6.09 Å². The van der Waals surface area contributed by atoms with Gasteiger partial charge in [-0.1, -0.05) is 0 Å². The number of pyridine rings is 1. The summed E-state index contributed by atoms with van der Waals surface area (Å²) in [6.45, 7) is 6.67. The molecule has 1 atom stereocenters. The number of aromatic nitrogens is 3. The molecule has 0 saturated carbocycles. The SMILES string of the molecule is CC(NC(=O)OC(C)(C)C)c1nc2c(F)ccc(F)c2c(=O)n1-c1cccnc1. The Hall–Kier alpha value is -3.36. The van der Waals surface area contributed by atoms with Gasteiger partial charge in [0, 0.05) is 6.20 Å². The van der Waals surface area contributed by atoms with Gasteiger partial charge in [0.2, 0.25) is 0 Å². The number of rotatable bonds is 3. The summed E-state index contributed by atoms with van der Waals surface area (Å²) < 4.78 is 35.0. The molecule has 0 spiro atoms. The van der Waals surface area contributed by atoms with E-state index in [0.717, 1.165) is 16.7 Å². The van der Waals surface area contributed by atoms with Gasteiger partial charge in [-0.15, -0.1) is 0 Å². The summed E-state index contributed by atoms with van der Waals surface area (Å²) in [5.41, 5.74) is -1.67. The molecule has 3 aromatic rings. The summed E-state index contributed by atoms with van der Waals surface area (Å²) in [4.78, 5) is 33.4. The molecule has 0 aliphatic heterocycles. The fourth-order valence-corrected chi connectivity index (χ4v) is 2.81. The second-order valence-corrected chi connectivity index (χ2v) is 7.44. The molecule has 3 rings (SSSR count). The van der Waals surface area contributed by atoms with Crippen LogP contribution in [0.3, 0.4) is 0 Å². The van der Waals surface area contributed by atoms with E-state index in [2.05, 4.69) is 15.3 Å². The van der Waals surface area contributed by atoms with Crippen molar-refractivity contribution in [3.8, 4) is 5.69 Å². The van der Waals surface area contributed by atoms with Crippen LogP contribution in [0.2, 0.25) is 0 Å². The number of ether oxygens (including phenoxy) is 1. The smallest absolute Gasteiger partial charge is 0.408 e. The zero-order valence-electron chi connectivity index (χ0n) is 16.4. The molecule has 0 bridgehead atoms. The molecule has 29 heavy (non-hydrogen) atoms. The van der Waals surface area contributed by atoms with Crippen molar-refractivity contribution < 1.29 is 18.3 Å². The average Bonchev–Trinajstić information content (AvgIpc) is 2.63. The Bertz CT molecular complexity index is 1120. The maximum Gasteiger partial charge on any atom is 0.408 e. The van der Waals surface area contributed by atoms with Crippen molar-refractivity contribution in [2.75, 3.05) is 0 Å². The molecular weight excluding hydrogens is 382 g/mol. The number of carbonyl (C=O) groups is 1. The zero-order valence-corrected chi connectivity index (χ0v) is 16.4. The summed E-state index contributed by atoms with van der Waals surface area (Å²) >= 11 is 0. The monoisotopic (exact) mass is 402 g/mol. The molecule has 1 amide bonds. The second kappa shape index (κ2) is 7.57. The lowest BCUT2D eigenvalue weighted by molar-refractivity contribution is 0.0505. The highest BCUT2D eigenvalue weighted by molar-refractivity contribution is 5.79. The Kier molecular flexibility index (Phi) is 5.32. The van der Waals surface area contributed by atoms with Crippen LogP contribution in [0.15, 0.2) is 41.5 Å². The summed E-state index contributed by atoms with van der Waals surface area (Å²) in [7, 11) is 0. The van der Waals surface area contributed by atoms with E-state index in [-0.39, 0.29) is 5.82 Å². The highest BCUT2D eigenvalue weighted by Crippen LogP contribution is 2.21. The number of carbonyl (C=O) groups excluding carboxylic acids is 1. The first-order valence-corrected chi connectivity index (χ1v) is 8.89. The fraction of sp³-hybridized carbons (Fsp3) is 0.300. The molecular formula is C20H20F2N4O3. The summed E-state index contributed by atoms with van der Waals surface area (Å²) in [6, 6.07) is 4.07. The topological polar surface area (TPSA) is 86.1 Å². The highest BCUT2D eigenvalue weighted by atomic mass is 19.1. The van der Waals surface area contributed by atoms with E-state index in [1.807, 2.05) is 0 Å². The maximum absolute atomic E-state index is 14.3. The van der Waals surface area contributed by atoms with Crippen LogP contribution in [0, 0.1) is 11.6 Å². The molecule has 7 nitrogen and oxygen atoms in total. The Morgan fingerprint density at radius 3 is 2.52 bits per heavy atom. The molecule has 0 aliphatic rings. The molecule has 2 heterocycles. The van der Waals surface area contributed by atoms with E-state index in [1.54, 1.807) is 39.8 Å². The predicted molar refractivity (Wildman–Crippen MR) is 103 cm³/mol. The molecule has 152 valence electrons. The minimum atomic E-state index is -0.893.